The fourth-order valence-electron chi connectivity index (χ4n) is 4.11. The summed E-state index contributed by atoms with van der Waals surface area (Å²) in [5.41, 5.74) is 2.13. The van der Waals surface area contributed by atoms with Crippen LogP contribution in [0.2, 0.25) is 0 Å². The van der Waals surface area contributed by atoms with Crippen molar-refractivity contribution < 1.29 is 9.18 Å². The zero-order valence-corrected chi connectivity index (χ0v) is 13.0. The Bertz CT molecular complexity index is 552. The number of fused-ring (bicyclic) bond motifs is 1. The van der Waals surface area contributed by atoms with Gasteiger partial charge in [-0.3, -0.25) is 4.79 Å². The zero-order valence-electron chi connectivity index (χ0n) is 13.0. The van der Waals surface area contributed by atoms with Crippen molar-refractivity contribution in [3.05, 3.63) is 29.1 Å². The standard InChI is InChI=1S/C18H24FNO/c1-12-10-18(15(13(2)21)11-16(12)19)20-9-5-7-14-6-3-4-8-17(14)20/h10-11,14,17H,3-9H2,1-2H3/t14-,17-/m1/s1. The maximum Gasteiger partial charge on any atom is 0.161 e. The Morgan fingerprint density at radius 3 is 2.67 bits per heavy atom. The molecule has 0 unspecified atom stereocenters. The molecule has 3 heteroatoms. The summed E-state index contributed by atoms with van der Waals surface area (Å²) in [6.45, 7) is 4.31. The number of piperidine rings is 1. The first kappa shape index (κ1) is 14.6. The predicted molar refractivity (Wildman–Crippen MR) is 83.5 cm³/mol. The Morgan fingerprint density at radius 1 is 1.19 bits per heavy atom. The normalized spacial score (nSPS) is 25.6. The molecule has 1 aliphatic heterocycles. The molecule has 0 amide bonds. The lowest BCUT2D eigenvalue weighted by atomic mass is 9.78. The van der Waals surface area contributed by atoms with Crippen LogP contribution in [-0.4, -0.2) is 18.4 Å². The van der Waals surface area contributed by atoms with E-state index in [4.69, 9.17) is 0 Å². The van der Waals surface area contributed by atoms with Gasteiger partial charge in [0.25, 0.3) is 0 Å². The first-order valence-corrected chi connectivity index (χ1v) is 8.15. The molecule has 1 heterocycles. The fraction of sp³-hybridized carbons (Fsp3) is 0.611. The number of halogens is 1. The average Bonchev–Trinajstić information content (AvgIpc) is 2.49. The van der Waals surface area contributed by atoms with E-state index in [0.29, 0.717) is 17.2 Å². The van der Waals surface area contributed by atoms with Gasteiger partial charge in [-0.05, 0) is 63.1 Å². The second-order valence-electron chi connectivity index (χ2n) is 6.62. The van der Waals surface area contributed by atoms with Crippen LogP contribution < -0.4 is 4.90 Å². The Labute approximate surface area is 126 Å². The number of ketones is 1. The van der Waals surface area contributed by atoms with Crippen molar-refractivity contribution in [3.63, 3.8) is 0 Å². The number of hydrogen-bond acceptors (Lipinski definition) is 2. The molecule has 0 radical (unpaired) electrons. The number of nitrogens with zero attached hydrogens (tertiary/aromatic N) is 1. The van der Waals surface area contributed by atoms with Gasteiger partial charge >= 0.3 is 0 Å². The van der Waals surface area contributed by atoms with E-state index in [0.717, 1.165) is 18.2 Å². The predicted octanol–water partition coefficient (Wildman–Crippen LogP) is 4.50. The molecule has 0 bridgehead atoms. The van der Waals surface area contributed by atoms with Crippen molar-refractivity contribution >= 4 is 11.5 Å². The van der Waals surface area contributed by atoms with E-state index in [-0.39, 0.29) is 11.6 Å². The van der Waals surface area contributed by atoms with Gasteiger partial charge in [-0.1, -0.05) is 12.8 Å². The molecule has 1 aliphatic carbocycles. The van der Waals surface area contributed by atoms with Crippen molar-refractivity contribution in [1.82, 2.24) is 0 Å². The van der Waals surface area contributed by atoms with Crippen LogP contribution in [0, 0.1) is 18.7 Å². The summed E-state index contributed by atoms with van der Waals surface area (Å²) < 4.78 is 13.8. The minimum atomic E-state index is -0.277. The maximum absolute atomic E-state index is 13.8. The number of hydrogen-bond donors (Lipinski definition) is 0. The summed E-state index contributed by atoms with van der Waals surface area (Å²) in [6, 6.07) is 3.85. The third kappa shape index (κ3) is 2.70. The minimum Gasteiger partial charge on any atom is -0.368 e. The van der Waals surface area contributed by atoms with Crippen molar-refractivity contribution in [1.29, 1.82) is 0 Å². The smallest absolute Gasteiger partial charge is 0.161 e. The van der Waals surface area contributed by atoms with E-state index in [2.05, 4.69) is 4.90 Å². The van der Waals surface area contributed by atoms with Gasteiger partial charge in [-0.2, -0.15) is 0 Å². The molecular weight excluding hydrogens is 265 g/mol. The average molecular weight is 289 g/mol. The summed E-state index contributed by atoms with van der Waals surface area (Å²) in [4.78, 5) is 14.3. The fourth-order valence-corrected chi connectivity index (χ4v) is 4.11. The number of carbonyl (C=O) groups excluding carboxylic acids is 1. The zero-order chi connectivity index (χ0) is 15.0. The molecule has 0 aromatic heterocycles. The molecule has 1 saturated carbocycles. The summed E-state index contributed by atoms with van der Waals surface area (Å²) in [5.74, 6) is 0.431. The van der Waals surface area contributed by atoms with Gasteiger partial charge in [0.1, 0.15) is 5.82 Å². The van der Waals surface area contributed by atoms with E-state index in [9.17, 15) is 9.18 Å². The van der Waals surface area contributed by atoms with Gasteiger partial charge < -0.3 is 4.90 Å². The lowest BCUT2D eigenvalue weighted by molar-refractivity contribution is 0.101. The van der Waals surface area contributed by atoms with E-state index in [1.54, 1.807) is 6.92 Å². The second kappa shape index (κ2) is 5.78. The highest BCUT2D eigenvalue weighted by atomic mass is 19.1. The third-order valence-corrected chi connectivity index (χ3v) is 5.21. The van der Waals surface area contributed by atoms with Crippen LogP contribution in [0.5, 0.6) is 0 Å². The molecular formula is C18H24FNO. The molecule has 1 aromatic rings. The molecule has 3 rings (SSSR count). The quantitative estimate of drug-likeness (QED) is 0.747. The van der Waals surface area contributed by atoms with Gasteiger partial charge in [-0.15, -0.1) is 0 Å². The number of Topliss-reactive ketones (excluding diaryl/α,β-unsaturated/α-hetero) is 1. The molecule has 2 atom stereocenters. The Morgan fingerprint density at radius 2 is 1.90 bits per heavy atom. The van der Waals surface area contributed by atoms with Gasteiger partial charge in [0.2, 0.25) is 0 Å². The highest BCUT2D eigenvalue weighted by Gasteiger charge is 2.34. The van der Waals surface area contributed by atoms with E-state index < -0.39 is 0 Å². The molecule has 2 nitrogen and oxygen atoms in total. The van der Waals surface area contributed by atoms with E-state index >= 15 is 0 Å². The van der Waals surface area contributed by atoms with E-state index in [1.807, 2.05) is 6.07 Å². The topological polar surface area (TPSA) is 20.3 Å². The molecule has 114 valence electrons. The second-order valence-corrected chi connectivity index (χ2v) is 6.62. The Kier molecular flexibility index (Phi) is 4.01. The summed E-state index contributed by atoms with van der Waals surface area (Å²) in [5, 5.41) is 0. The van der Waals surface area contributed by atoms with Gasteiger partial charge in [-0.25, -0.2) is 4.39 Å². The molecule has 1 saturated heterocycles. The first-order chi connectivity index (χ1) is 10.1. The van der Waals surface area contributed by atoms with Gasteiger partial charge in [0.15, 0.2) is 5.78 Å². The van der Waals surface area contributed by atoms with Gasteiger partial charge in [0.05, 0.1) is 0 Å². The number of rotatable bonds is 2. The van der Waals surface area contributed by atoms with Crippen molar-refractivity contribution in [3.8, 4) is 0 Å². The van der Waals surface area contributed by atoms with Crippen molar-refractivity contribution in [2.45, 2.75) is 58.4 Å². The number of benzene rings is 1. The summed E-state index contributed by atoms with van der Waals surface area (Å²) in [7, 11) is 0. The molecule has 2 fully saturated rings. The minimum absolute atomic E-state index is 0.0400. The van der Waals surface area contributed by atoms with Crippen LogP contribution in [0.25, 0.3) is 0 Å². The lowest BCUT2D eigenvalue weighted by Crippen LogP contribution is -2.47. The molecule has 0 spiro atoms. The molecule has 0 N–H and O–H groups in total. The number of anilines is 1. The number of aryl methyl sites for hydroxylation is 1. The number of carbonyl (C=O) groups is 1. The molecule has 2 aliphatic rings. The monoisotopic (exact) mass is 289 g/mol. The van der Waals surface area contributed by atoms with Gasteiger partial charge in [0, 0.05) is 23.8 Å². The largest absolute Gasteiger partial charge is 0.368 e. The summed E-state index contributed by atoms with van der Waals surface area (Å²) >= 11 is 0. The lowest BCUT2D eigenvalue weighted by Gasteiger charge is -2.46. The molecule has 21 heavy (non-hydrogen) atoms. The van der Waals surface area contributed by atoms with Crippen molar-refractivity contribution in [2.24, 2.45) is 5.92 Å². The van der Waals surface area contributed by atoms with Crippen molar-refractivity contribution in [2.75, 3.05) is 11.4 Å². The van der Waals surface area contributed by atoms with Crippen LogP contribution in [0.15, 0.2) is 12.1 Å². The van der Waals surface area contributed by atoms with Crippen LogP contribution in [-0.2, 0) is 0 Å². The van der Waals surface area contributed by atoms with Crippen LogP contribution >= 0.6 is 0 Å². The Hall–Kier alpha value is -1.38. The third-order valence-electron chi connectivity index (χ3n) is 5.21. The summed E-state index contributed by atoms with van der Waals surface area (Å²) in [6.07, 6.45) is 7.59. The Balaban J connectivity index is 2.01. The van der Waals surface area contributed by atoms with Crippen LogP contribution in [0.4, 0.5) is 10.1 Å². The highest BCUT2D eigenvalue weighted by molar-refractivity contribution is 6.00. The molecule has 1 aromatic carbocycles. The first-order valence-electron chi connectivity index (χ1n) is 8.15. The highest BCUT2D eigenvalue weighted by Crippen LogP contribution is 2.39. The van der Waals surface area contributed by atoms with Crippen LogP contribution in [0.3, 0.4) is 0 Å². The maximum atomic E-state index is 13.8. The van der Waals surface area contributed by atoms with Crippen LogP contribution in [0.1, 0.15) is 61.4 Å². The van der Waals surface area contributed by atoms with E-state index in [1.165, 1.54) is 51.5 Å². The SMILES string of the molecule is CC(=O)c1cc(F)c(C)cc1N1CCC[C@H]2CCCC[C@H]21.